The number of rotatable bonds is 7. The number of nitrogens with one attached hydrogen (secondary N) is 1. The van der Waals surface area contributed by atoms with E-state index < -0.39 is 0 Å². The molecule has 1 saturated heterocycles. The Morgan fingerprint density at radius 2 is 2.40 bits per heavy atom. The summed E-state index contributed by atoms with van der Waals surface area (Å²) in [5.74, 6) is 3.90. The van der Waals surface area contributed by atoms with Crippen molar-refractivity contribution in [1.82, 2.24) is 5.32 Å². The lowest BCUT2D eigenvalue weighted by molar-refractivity contribution is 0.110. The van der Waals surface area contributed by atoms with Crippen molar-refractivity contribution >= 4 is 0 Å². The smallest absolute Gasteiger partial charge is 0.167 e. The van der Waals surface area contributed by atoms with Crippen LogP contribution in [-0.4, -0.2) is 33.0 Å². The van der Waals surface area contributed by atoms with Crippen LogP contribution < -0.4 is 14.8 Å². The van der Waals surface area contributed by atoms with Crippen LogP contribution in [0.2, 0.25) is 0 Å². The number of methoxy groups -OCH3 is 1. The summed E-state index contributed by atoms with van der Waals surface area (Å²) in [6, 6.07) is 5.83. The van der Waals surface area contributed by atoms with Gasteiger partial charge in [-0.15, -0.1) is 6.42 Å². The quantitative estimate of drug-likeness (QED) is 0.772. The zero-order chi connectivity index (χ0) is 14.2. The fraction of sp³-hybridized carbons (Fsp3) is 0.500. The molecule has 1 aromatic carbocycles. The lowest BCUT2D eigenvalue weighted by atomic mass is 10.1. The zero-order valence-corrected chi connectivity index (χ0v) is 11.9. The van der Waals surface area contributed by atoms with Crippen LogP contribution in [0.3, 0.4) is 0 Å². The van der Waals surface area contributed by atoms with Gasteiger partial charge in [0.05, 0.1) is 13.2 Å². The average Bonchev–Trinajstić information content (AvgIpc) is 2.98. The Morgan fingerprint density at radius 3 is 3.10 bits per heavy atom. The molecule has 4 heteroatoms. The molecule has 0 aliphatic carbocycles. The summed E-state index contributed by atoms with van der Waals surface area (Å²) in [5, 5.41) is 3.40. The maximum Gasteiger partial charge on any atom is 0.167 e. The van der Waals surface area contributed by atoms with Crippen LogP contribution in [0.1, 0.15) is 18.4 Å². The monoisotopic (exact) mass is 275 g/mol. The molecule has 4 nitrogen and oxygen atoms in total. The first-order valence-electron chi connectivity index (χ1n) is 6.89. The van der Waals surface area contributed by atoms with Crippen molar-refractivity contribution < 1.29 is 14.2 Å². The van der Waals surface area contributed by atoms with E-state index in [4.69, 9.17) is 20.6 Å². The maximum absolute atomic E-state index is 5.60. The Balaban J connectivity index is 1.96. The number of para-hydroxylation sites is 1. The van der Waals surface area contributed by atoms with E-state index in [1.807, 2.05) is 18.2 Å². The van der Waals surface area contributed by atoms with Crippen LogP contribution in [0.25, 0.3) is 0 Å². The van der Waals surface area contributed by atoms with Gasteiger partial charge >= 0.3 is 0 Å². The SMILES string of the molecule is C#CCOc1c(CNC[C@@H]2CCCO2)cccc1OC. The standard InChI is InChI=1S/C16H21NO3/c1-3-9-20-16-13(6-4-8-15(16)18-2)11-17-12-14-7-5-10-19-14/h1,4,6,8,14,17H,5,7,9-12H2,2H3/t14-/m0/s1. The first-order chi connectivity index (χ1) is 9.85. The summed E-state index contributed by atoms with van der Waals surface area (Å²) >= 11 is 0. The third-order valence-electron chi connectivity index (χ3n) is 3.29. The van der Waals surface area contributed by atoms with Gasteiger partial charge in [-0.25, -0.2) is 0 Å². The number of benzene rings is 1. The Kier molecular flexibility index (Phi) is 5.72. The molecule has 1 N–H and O–H groups in total. The summed E-state index contributed by atoms with van der Waals surface area (Å²) < 4.78 is 16.5. The van der Waals surface area contributed by atoms with Crippen LogP contribution in [0.4, 0.5) is 0 Å². The number of hydrogen-bond donors (Lipinski definition) is 1. The highest BCUT2D eigenvalue weighted by Crippen LogP contribution is 2.31. The molecule has 2 rings (SSSR count). The predicted octanol–water partition coefficient (Wildman–Crippen LogP) is 1.98. The Bertz CT molecular complexity index is 461. The van der Waals surface area contributed by atoms with Gasteiger partial charge in [-0.05, 0) is 18.9 Å². The fourth-order valence-corrected chi connectivity index (χ4v) is 2.31. The summed E-state index contributed by atoms with van der Waals surface area (Å²) in [5.41, 5.74) is 1.04. The largest absolute Gasteiger partial charge is 0.493 e. The predicted molar refractivity (Wildman–Crippen MR) is 78.0 cm³/mol. The summed E-state index contributed by atoms with van der Waals surface area (Å²) in [7, 11) is 1.63. The first kappa shape index (κ1) is 14.7. The first-order valence-corrected chi connectivity index (χ1v) is 6.89. The minimum absolute atomic E-state index is 0.235. The number of ether oxygens (including phenoxy) is 3. The second-order valence-electron chi connectivity index (χ2n) is 4.71. The van der Waals surface area contributed by atoms with Crippen LogP contribution in [-0.2, 0) is 11.3 Å². The van der Waals surface area contributed by atoms with E-state index in [1.54, 1.807) is 7.11 Å². The van der Waals surface area contributed by atoms with Crippen LogP contribution in [0.15, 0.2) is 18.2 Å². The van der Waals surface area contributed by atoms with Crippen molar-refractivity contribution in [1.29, 1.82) is 0 Å². The minimum Gasteiger partial charge on any atom is -0.493 e. The molecule has 1 heterocycles. The molecule has 0 unspecified atom stereocenters. The Morgan fingerprint density at radius 1 is 1.50 bits per heavy atom. The molecule has 108 valence electrons. The van der Waals surface area contributed by atoms with E-state index in [-0.39, 0.29) is 6.61 Å². The highest BCUT2D eigenvalue weighted by Gasteiger charge is 2.15. The van der Waals surface area contributed by atoms with Crippen molar-refractivity contribution in [2.45, 2.75) is 25.5 Å². The number of terminal acetylenes is 1. The lowest BCUT2D eigenvalue weighted by Gasteiger charge is -2.15. The summed E-state index contributed by atoms with van der Waals surface area (Å²) in [6.45, 7) is 2.67. The summed E-state index contributed by atoms with van der Waals surface area (Å²) in [4.78, 5) is 0. The van der Waals surface area contributed by atoms with E-state index >= 15 is 0 Å². The van der Waals surface area contributed by atoms with E-state index in [0.29, 0.717) is 24.1 Å². The van der Waals surface area contributed by atoms with Gasteiger partial charge in [-0.1, -0.05) is 18.1 Å². The van der Waals surface area contributed by atoms with Crippen molar-refractivity contribution in [2.75, 3.05) is 26.9 Å². The molecule has 0 aromatic heterocycles. The zero-order valence-electron chi connectivity index (χ0n) is 11.9. The average molecular weight is 275 g/mol. The number of hydrogen-bond acceptors (Lipinski definition) is 4. The van der Waals surface area contributed by atoms with Crippen LogP contribution in [0, 0.1) is 12.3 Å². The van der Waals surface area contributed by atoms with Gasteiger partial charge in [0.15, 0.2) is 11.5 Å². The second kappa shape index (κ2) is 7.78. The molecule has 0 saturated carbocycles. The topological polar surface area (TPSA) is 39.7 Å². The molecule has 0 amide bonds. The molecule has 1 aromatic rings. The van der Waals surface area contributed by atoms with Gasteiger partial charge in [0.2, 0.25) is 0 Å². The maximum atomic E-state index is 5.60. The fourth-order valence-electron chi connectivity index (χ4n) is 2.31. The molecular weight excluding hydrogens is 254 g/mol. The van der Waals surface area contributed by atoms with Gasteiger partial charge in [0.25, 0.3) is 0 Å². The molecule has 0 radical (unpaired) electrons. The molecule has 1 fully saturated rings. The van der Waals surface area contributed by atoms with E-state index in [1.165, 1.54) is 0 Å². The van der Waals surface area contributed by atoms with Gasteiger partial charge in [-0.2, -0.15) is 0 Å². The van der Waals surface area contributed by atoms with Gasteiger partial charge in [0.1, 0.15) is 6.61 Å². The second-order valence-corrected chi connectivity index (χ2v) is 4.71. The summed E-state index contributed by atoms with van der Waals surface area (Å²) in [6.07, 6.45) is 7.87. The van der Waals surface area contributed by atoms with Crippen molar-refractivity contribution in [3.8, 4) is 23.8 Å². The highest BCUT2D eigenvalue weighted by atomic mass is 16.5. The van der Waals surface area contributed by atoms with E-state index in [0.717, 1.165) is 31.6 Å². The normalized spacial score (nSPS) is 17.7. The van der Waals surface area contributed by atoms with Crippen LogP contribution >= 0.6 is 0 Å². The molecule has 0 spiro atoms. The molecule has 0 bridgehead atoms. The van der Waals surface area contributed by atoms with E-state index in [9.17, 15) is 0 Å². The lowest BCUT2D eigenvalue weighted by Crippen LogP contribution is -2.26. The molecule has 1 aliphatic rings. The van der Waals surface area contributed by atoms with E-state index in [2.05, 4.69) is 11.2 Å². The van der Waals surface area contributed by atoms with Gasteiger partial charge in [-0.3, -0.25) is 0 Å². The molecule has 1 aliphatic heterocycles. The molecular formula is C16H21NO3. The van der Waals surface area contributed by atoms with Crippen LogP contribution in [0.5, 0.6) is 11.5 Å². The Labute approximate surface area is 120 Å². The third kappa shape index (κ3) is 3.89. The van der Waals surface area contributed by atoms with Crippen molar-refractivity contribution in [3.63, 3.8) is 0 Å². The molecule has 1 atom stereocenters. The molecule has 20 heavy (non-hydrogen) atoms. The van der Waals surface area contributed by atoms with Crippen molar-refractivity contribution in [3.05, 3.63) is 23.8 Å². The minimum atomic E-state index is 0.235. The van der Waals surface area contributed by atoms with Gasteiger partial charge in [0, 0.05) is 25.3 Å². The van der Waals surface area contributed by atoms with Crippen molar-refractivity contribution in [2.24, 2.45) is 0 Å². The Hall–Kier alpha value is -1.70. The van der Waals surface area contributed by atoms with Gasteiger partial charge < -0.3 is 19.5 Å². The third-order valence-corrected chi connectivity index (χ3v) is 3.29. The highest BCUT2D eigenvalue weighted by molar-refractivity contribution is 5.46.